The van der Waals surface area contributed by atoms with E-state index in [-0.39, 0.29) is 21.9 Å². The first-order valence-electron chi connectivity index (χ1n) is 19.0. The Morgan fingerprint density at radius 1 is 0.580 bits per heavy atom. The van der Waals surface area contributed by atoms with Crippen LogP contribution in [0.15, 0.2) is 94.5 Å². The van der Waals surface area contributed by atoms with Crippen LogP contribution in [0, 0.1) is 0 Å². The van der Waals surface area contributed by atoms with E-state index >= 15 is 0 Å². The van der Waals surface area contributed by atoms with E-state index in [1.165, 1.54) is 95.5 Å². The number of hydrogen-bond donors (Lipinski definition) is 0. The molecule has 2 nitrogen and oxygen atoms in total. The Morgan fingerprint density at radius 2 is 0.920 bits per heavy atom. The van der Waals surface area contributed by atoms with Crippen molar-refractivity contribution in [2.24, 2.45) is 0 Å². The van der Waals surface area contributed by atoms with Gasteiger partial charge in [-0.3, -0.25) is 0 Å². The topological polar surface area (TPSA) is 18.5 Å². The Labute approximate surface area is 321 Å². The van der Waals surface area contributed by atoms with Gasteiger partial charge >= 0.3 is 324 Å². The molecule has 0 aliphatic heterocycles. The fourth-order valence-corrected chi connectivity index (χ4v) is 27.4. The van der Waals surface area contributed by atoms with Crippen LogP contribution >= 0.6 is 17.0 Å². The molecule has 0 radical (unpaired) electrons. The number of halogens is 2. The van der Waals surface area contributed by atoms with Crippen LogP contribution in [0.25, 0.3) is 0 Å². The van der Waals surface area contributed by atoms with Crippen molar-refractivity contribution in [2.75, 3.05) is 0 Å². The predicted octanol–water partition coefficient (Wildman–Crippen LogP) is 12.2. The van der Waals surface area contributed by atoms with Gasteiger partial charge in [-0.2, -0.15) is 0 Å². The van der Waals surface area contributed by atoms with E-state index < -0.39 is 41.1 Å². The zero-order chi connectivity index (χ0) is 36.2. The van der Waals surface area contributed by atoms with Crippen LogP contribution in [0.1, 0.15) is 116 Å². The molecule has 0 saturated heterocycles. The Morgan fingerprint density at radius 3 is 1.24 bits per heavy atom. The molecule has 0 spiro atoms. The molecular formula is C42H59Cl2O2Si3Zr. The Kier molecular flexibility index (Phi) is 11.4. The van der Waals surface area contributed by atoms with Crippen molar-refractivity contribution in [3.05, 3.63) is 106 Å². The van der Waals surface area contributed by atoms with Crippen LogP contribution in [0.5, 0.6) is 0 Å². The van der Waals surface area contributed by atoms with Gasteiger partial charge in [0.25, 0.3) is 0 Å². The second-order valence-corrected chi connectivity index (χ2v) is 49.3. The SMILES string of the molecule is CC(C)(C)[Si](C)(C)OC1=CC2=C(CCCC2)C1c1ccc([SiH](c2ccc(C3C(O[Si](C)(C)C(C)(C)C)=CC4=C3CCCC4)cc2)[Zr]([Cl])[Cl])cc1. The van der Waals surface area contributed by atoms with E-state index in [2.05, 4.69) is 128 Å². The molecule has 8 heteroatoms. The standard InChI is InChI=1S/C42H59O2Si3.2ClH.Zr/c1-41(2,3)46(7,8)43-37-27-31-15-11-13-17-35(31)39(37)29-19-23-33(24-20-29)45-34-25-21-30(22-26-34)40-36-18-14-12-16-32(36)28-38(40)44-47(9,10)42(4,5)6;;;/h19-28,39-40,45H,11-18H2,1-10H3;2*1H;/q;;;+2/p-2. The Bertz CT molecular complexity index is 1580. The molecule has 6 rings (SSSR count). The molecule has 2 atom stereocenters. The summed E-state index contributed by atoms with van der Waals surface area (Å²) in [6, 6.07) is 18.9. The van der Waals surface area contributed by atoms with Crippen molar-refractivity contribution in [3.8, 4) is 0 Å². The van der Waals surface area contributed by atoms with Gasteiger partial charge in [-0.1, -0.05) is 0 Å². The average Bonchev–Trinajstić information content (AvgIpc) is 3.57. The van der Waals surface area contributed by atoms with Crippen LogP contribution in [-0.4, -0.2) is 22.6 Å². The summed E-state index contributed by atoms with van der Waals surface area (Å²) in [5.74, 6) is 1.12. The first kappa shape index (κ1) is 38.8. The van der Waals surface area contributed by atoms with Crippen molar-refractivity contribution >= 4 is 50.0 Å². The molecule has 0 heterocycles. The van der Waals surface area contributed by atoms with Gasteiger partial charge in [-0.15, -0.1) is 0 Å². The molecule has 269 valence electrons. The van der Waals surface area contributed by atoms with Gasteiger partial charge in [-0.25, -0.2) is 0 Å². The van der Waals surface area contributed by atoms with E-state index in [1.54, 1.807) is 11.1 Å². The summed E-state index contributed by atoms with van der Waals surface area (Å²) in [4.78, 5) is 0. The van der Waals surface area contributed by atoms with Gasteiger partial charge < -0.3 is 0 Å². The van der Waals surface area contributed by atoms with Gasteiger partial charge in [0.1, 0.15) is 0 Å². The molecule has 0 amide bonds. The van der Waals surface area contributed by atoms with Crippen molar-refractivity contribution in [3.63, 3.8) is 0 Å². The van der Waals surface area contributed by atoms with Crippen LogP contribution < -0.4 is 10.4 Å². The van der Waals surface area contributed by atoms with Crippen molar-refractivity contribution in [1.82, 2.24) is 0 Å². The van der Waals surface area contributed by atoms with E-state index in [4.69, 9.17) is 25.9 Å². The second kappa shape index (κ2) is 14.7. The van der Waals surface area contributed by atoms with E-state index in [9.17, 15) is 0 Å². The maximum absolute atomic E-state index is 7.07. The maximum atomic E-state index is 7.07. The van der Waals surface area contributed by atoms with Crippen LogP contribution in [-0.2, 0) is 27.4 Å². The summed E-state index contributed by atoms with van der Waals surface area (Å²) in [5, 5.41) is 3.05. The summed E-state index contributed by atoms with van der Waals surface area (Å²) < 4.78 is 14.1. The predicted molar refractivity (Wildman–Crippen MR) is 220 cm³/mol. The zero-order valence-corrected chi connectivity index (χ0v) is 39.4. The number of benzene rings is 2. The third kappa shape index (κ3) is 7.83. The van der Waals surface area contributed by atoms with Crippen LogP contribution in [0.4, 0.5) is 0 Å². The molecule has 2 aromatic rings. The van der Waals surface area contributed by atoms with Crippen molar-refractivity contribution < 1.29 is 27.4 Å². The minimum atomic E-state index is -2.64. The van der Waals surface area contributed by atoms with E-state index in [0.29, 0.717) is 0 Å². The number of hydrogen-bond acceptors (Lipinski definition) is 2. The first-order valence-corrected chi connectivity index (χ1v) is 37.1. The van der Waals surface area contributed by atoms with Crippen LogP contribution in [0.3, 0.4) is 0 Å². The molecule has 0 N–H and O–H groups in total. The summed E-state index contributed by atoms with van der Waals surface area (Å²) in [6.07, 6.45) is 14.6. The van der Waals surface area contributed by atoms with Crippen LogP contribution in [0.2, 0.25) is 36.3 Å². The molecule has 2 unspecified atom stereocenters. The van der Waals surface area contributed by atoms with Gasteiger partial charge in [-0.05, 0) is 0 Å². The molecule has 0 fully saturated rings. The third-order valence-electron chi connectivity index (χ3n) is 12.8. The Balaban J connectivity index is 1.27. The van der Waals surface area contributed by atoms with Crippen molar-refractivity contribution in [1.29, 1.82) is 0 Å². The molecule has 4 aliphatic carbocycles. The molecule has 0 aromatic heterocycles. The molecule has 2 aromatic carbocycles. The number of rotatable bonds is 9. The minimum absolute atomic E-state index is 0.158. The molecule has 4 aliphatic rings. The second-order valence-electron chi connectivity index (χ2n) is 18.3. The quantitative estimate of drug-likeness (QED) is 0.234. The van der Waals surface area contributed by atoms with Crippen molar-refractivity contribution in [2.45, 2.75) is 141 Å². The fourth-order valence-electron chi connectivity index (χ4n) is 7.76. The average molecular weight is 842 g/mol. The van der Waals surface area contributed by atoms with E-state index in [0.717, 1.165) is 0 Å². The molecule has 0 saturated carbocycles. The molecule has 50 heavy (non-hydrogen) atoms. The monoisotopic (exact) mass is 839 g/mol. The zero-order valence-electron chi connectivity index (χ0n) is 32.2. The summed E-state index contributed by atoms with van der Waals surface area (Å²) in [7, 11) is 10.2. The third-order valence-corrected chi connectivity index (χ3v) is 39.9. The van der Waals surface area contributed by atoms with Gasteiger partial charge in [0.15, 0.2) is 0 Å². The normalized spacial score (nSPS) is 22.2. The van der Waals surface area contributed by atoms with Gasteiger partial charge in [0.2, 0.25) is 0 Å². The van der Waals surface area contributed by atoms with Gasteiger partial charge in [0, 0.05) is 0 Å². The summed E-state index contributed by atoms with van der Waals surface area (Å²) in [6.45, 7) is 23.5. The first-order chi connectivity index (χ1) is 23.4. The Hall–Kier alpha value is -0.886. The number of allylic oxidation sites excluding steroid dienone is 6. The summed E-state index contributed by atoms with van der Waals surface area (Å²) >= 11 is -2.64. The van der Waals surface area contributed by atoms with Gasteiger partial charge in [0.05, 0.1) is 0 Å². The van der Waals surface area contributed by atoms with E-state index in [1.807, 2.05) is 0 Å². The molecular weight excluding hydrogens is 783 g/mol. The molecule has 0 bridgehead atoms. The fraction of sp³-hybridized carbons (Fsp3) is 0.524. The summed E-state index contributed by atoms with van der Waals surface area (Å²) in [5.41, 5.74) is 8.91.